The van der Waals surface area contributed by atoms with Crippen LogP contribution in [-0.2, 0) is 14.3 Å². The van der Waals surface area contributed by atoms with E-state index in [1.807, 2.05) is 31.2 Å². The molecular formula is C26H30N2O5. The summed E-state index contributed by atoms with van der Waals surface area (Å²) in [6.07, 6.45) is 1.55. The van der Waals surface area contributed by atoms with Crippen LogP contribution in [0.2, 0.25) is 0 Å². The molecule has 0 radical (unpaired) electrons. The van der Waals surface area contributed by atoms with Gasteiger partial charge in [0.2, 0.25) is 5.91 Å². The highest BCUT2D eigenvalue weighted by molar-refractivity contribution is 5.79. The number of aliphatic carboxylic acids is 1. The Morgan fingerprint density at radius 1 is 1.09 bits per heavy atom. The van der Waals surface area contributed by atoms with E-state index in [1.54, 1.807) is 4.90 Å². The molecule has 1 aliphatic carbocycles. The lowest BCUT2D eigenvalue weighted by Gasteiger charge is -2.31. The predicted octanol–water partition coefficient (Wildman–Crippen LogP) is 4.02. The summed E-state index contributed by atoms with van der Waals surface area (Å²) in [5.74, 6) is -1.40. The molecule has 0 aromatic heterocycles. The first kappa shape index (κ1) is 22.8. The van der Waals surface area contributed by atoms with Gasteiger partial charge in [0.25, 0.3) is 0 Å². The quantitative estimate of drug-likeness (QED) is 0.664. The molecule has 2 N–H and O–H groups in total. The van der Waals surface area contributed by atoms with E-state index >= 15 is 0 Å². The number of alkyl carbamates (subject to hydrolysis) is 1. The largest absolute Gasteiger partial charge is 0.481 e. The molecule has 1 unspecified atom stereocenters. The number of nitrogens with one attached hydrogen (secondary N) is 1. The molecule has 2 aromatic rings. The van der Waals surface area contributed by atoms with Crippen molar-refractivity contribution in [1.82, 2.24) is 10.2 Å². The van der Waals surface area contributed by atoms with Crippen molar-refractivity contribution in [3.05, 3.63) is 59.7 Å². The van der Waals surface area contributed by atoms with Crippen molar-refractivity contribution in [2.45, 2.75) is 44.6 Å². The van der Waals surface area contributed by atoms with Crippen LogP contribution in [0.15, 0.2) is 48.5 Å². The highest BCUT2D eigenvalue weighted by atomic mass is 16.5. The standard InChI is InChI=1S/C26H30N2O5/c1-17(12-13-24(29)28-14-6-7-18(15-28)25(30)31)27-26(32)33-16-23-21-10-4-2-8-19(21)20-9-3-5-11-22(20)23/h2-5,8-11,17-18,23H,6-7,12-16H2,1H3,(H,27,32)(H,30,31)/t17?,18-/m0/s1. The maximum Gasteiger partial charge on any atom is 0.407 e. The van der Waals surface area contributed by atoms with Crippen LogP contribution in [0.4, 0.5) is 4.79 Å². The minimum Gasteiger partial charge on any atom is -0.481 e. The molecule has 0 spiro atoms. The number of carboxylic acids is 1. The van der Waals surface area contributed by atoms with Gasteiger partial charge in [0.15, 0.2) is 0 Å². The van der Waals surface area contributed by atoms with Gasteiger partial charge in [0.05, 0.1) is 5.92 Å². The number of carboxylic acid groups (broad SMARTS) is 1. The van der Waals surface area contributed by atoms with Crippen molar-refractivity contribution < 1.29 is 24.2 Å². The van der Waals surface area contributed by atoms with Gasteiger partial charge in [-0.3, -0.25) is 9.59 Å². The van der Waals surface area contributed by atoms with E-state index in [2.05, 4.69) is 29.6 Å². The van der Waals surface area contributed by atoms with E-state index in [1.165, 1.54) is 11.1 Å². The highest BCUT2D eigenvalue weighted by Crippen LogP contribution is 2.44. The molecule has 1 fully saturated rings. The van der Waals surface area contributed by atoms with E-state index < -0.39 is 18.0 Å². The molecule has 33 heavy (non-hydrogen) atoms. The Bertz CT molecular complexity index is 991. The Labute approximate surface area is 193 Å². The summed E-state index contributed by atoms with van der Waals surface area (Å²) in [7, 11) is 0. The van der Waals surface area contributed by atoms with E-state index in [-0.39, 0.29) is 37.4 Å². The number of piperidine rings is 1. The number of hydrogen-bond acceptors (Lipinski definition) is 4. The van der Waals surface area contributed by atoms with E-state index in [0.29, 0.717) is 25.8 Å². The van der Waals surface area contributed by atoms with Crippen LogP contribution in [0, 0.1) is 5.92 Å². The first-order chi connectivity index (χ1) is 15.9. The molecule has 2 aliphatic rings. The van der Waals surface area contributed by atoms with E-state index in [4.69, 9.17) is 4.74 Å². The third-order valence-corrected chi connectivity index (χ3v) is 6.62. The minimum absolute atomic E-state index is 0.00122. The van der Waals surface area contributed by atoms with Crippen molar-refractivity contribution in [3.63, 3.8) is 0 Å². The SMILES string of the molecule is CC(CCC(=O)N1CCC[C@H](C(=O)O)C1)NC(=O)OCC1c2ccccc2-c2ccccc21. The first-order valence-electron chi connectivity index (χ1n) is 11.6. The third kappa shape index (κ3) is 5.18. The Morgan fingerprint density at radius 2 is 1.73 bits per heavy atom. The van der Waals surface area contributed by atoms with Crippen LogP contribution in [-0.4, -0.2) is 53.7 Å². The average molecular weight is 451 g/mol. The average Bonchev–Trinajstić information content (AvgIpc) is 3.15. The van der Waals surface area contributed by atoms with Gasteiger partial charge in [0, 0.05) is 31.5 Å². The number of rotatable bonds is 7. The first-order valence-corrected chi connectivity index (χ1v) is 11.6. The van der Waals surface area contributed by atoms with Crippen LogP contribution in [0.1, 0.15) is 49.7 Å². The van der Waals surface area contributed by atoms with Crippen LogP contribution < -0.4 is 5.32 Å². The Kier molecular flexibility index (Phi) is 6.96. The normalized spacial score (nSPS) is 18.2. The predicted molar refractivity (Wildman–Crippen MR) is 124 cm³/mol. The summed E-state index contributed by atoms with van der Waals surface area (Å²) in [5.41, 5.74) is 4.67. The zero-order valence-electron chi connectivity index (χ0n) is 18.8. The van der Waals surface area contributed by atoms with Crippen LogP contribution >= 0.6 is 0 Å². The van der Waals surface area contributed by atoms with Crippen LogP contribution in [0.25, 0.3) is 11.1 Å². The lowest BCUT2D eigenvalue weighted by molar-refractivity contribution is -0.145. The van der Waals surface area contributed by atoms with E-state index in [0.717, 1.165) is 11.1 Å². The Balaban J connectivity index is 1.25. The van der Waals surface area contributed by atoms with Gasteiger partial charge in [-0.05, 0) is 48.4 Å². The van der Waals surface area contributed by atoms with Crippen molar-refractivity contribution >= 4 is 18.0 Å². The summed E-state index contributed by atoms with van der Waals surface area (Å²) in [5, 5.41) is 12.0. The molecule has 1 aliphatic heterocycles. The molecule has 7 nitrogen and oxygen atoms in total. The Morgan fingerprint density at radius 3 is 2.36 bits per heavy atom. The molecule has 1 saturated heterocycles. The number of carbonyl (C=O) groups is 3. The maximum atomic E-state index is 12.5. The van der Waals surface area contributed by atoms with Gasteiger partial charge in [-0.1, -0.05) is 48.5 Å². The molecule has 174 valence electrons. The fourth-order valence-corrected chi connectivity index (χ4v) is 4.82. The van der Waals surface area contributed by atoms with Crippen molar-refractivity contribution in [2.24, 2.45) is 5.92 Å². The number of hydrogen-bond donors (Lipinski definition) is 2. The second-order valence-electron chi connectivity index (χ2n) is 8.93. The molecule has 7 heteroatoms. The van der Waals surface area contributed by atoms with Crippen molar-refractivity contribution in [3.8, 4) is 11.1 Å². The molecular weight excluding hydrogens is 420 g/mol. The number of fused-ring (bicyclic) bond motifs is 3. The second kappa shape index (κ2) is 10.1. The topological polar surface area (TPSA) is 95.9 Å². The summed E-state index contributed by atoms with van der Waals surface area (Å²) < 4.78 is 5.56. The van der Waals surface area contributed by atoms with Gasteiger partial charge in [-0.2, -0.15) is 0 Å². The maximum absolute atomic E-state index is 12.5. The fourth-order valence-electron chi connectivity index (χ4n) is 4.82. The van der Waals surface area contributed by atoms with Gasteiger partial charge in [0.1, 0.15) is 6.61 Å². The van der Waals surface area contributed by atoms with Gasteiger partial charge in [-0.15, -0.1) is 0 Å². The summed E-state index contributed by atoms with van der Waals surface area (Å²) in [6, 6.07) is 16.1. The molecule has 4 rings (SSSR count). The smallest absolute Gasteiger partial charge is 0.407 e. The van der Waals surface area contributed by atoms with Crippen molar-refractivity contribution in [2.75, 3.05) is 19.7 Å². The molecule has 2 atom stereocenters. The number of nitrogens with zero attached hydrogens (tertiary/aromatic N) is 1. The molecule has 0 saturated carbocycles. The molecule has 2 amide bonds. The van der Waals surface area contributed by atoms with Gasteiger partial charge >= 0.3 is 12.1 Å². The molecule has 0 bridgehead atoms. The van der Waals surface area contributed by atoms with Crippen molar-refractivity contribution in [1.29, 1.82) is 0 Å². The zero-order valence-corrected chi connectivity index (χ0v) is 18.8. The molecule has 1 heterocycles. The van der Waals surface area contributed by atoms with E-state index in [9.17, 15) is 19.5 Å². The Hall–Kier alpha value is -3.35. The summed E-state index contributed by atoms with van der Waals surface area (Å²) in [6.45, 7) is 2.94. The third-order valence-electron chi connectivity index (χ3n) is 6.62. The number of likely N-dealkylation sites (tertiary alicyclic amines) is 1. The number of amides is 2. The van der Waals surface area contributed by atoms with Gasteiger partial charge < -0.3 is 20.1 Å². The lowest BCUT2D eigenvalue weighted by Crippen LogP contribution is -2.43. The number of benzene rings is 2. The minimum atomic E-state index is -0.849. The number of ether oxygens (including phenoxy) is 1. The molecule has 2 aromatic carbocycles. The second-order valence-corrected chi connectivity index (χ2v) is 8.93. The van der Waals surface area contributed by atoms with Crippen LogP contribution in [0.3, 0.4) is 0 Å². The zero-order chi connectivity index (χ0) is 23.4. The number of carbonyl (C=O) groups excluding carboxylic acids is 2. The highest BCUT2D eigenvalue weighted by Gasteiger charge is 2.30. The van der Waals surface area contributed by atoms with Crippen LogP contribution in [0.5, 0.6) is 0 Å². The monoisotopic (exact) mass is 450 g/mol. The summed E-state index contributed by atoms with van der Waals surface area (Å²) in [4.78, 5) is 37.7. The lowest BCUT2D eigenvalue weighted by atomic mass is 9.98. The van der Waals surface area contributed by atoms with Gasteiger partial charge in [-0.25, -0.2) is 4.79 Å². The summed E-state index contributed by atoms with van der Waals surface area (Å²) >= 11 is 0. The fraction of sp³-hybridized carbons (Fsp3) is 0.423.